The average molecular weight is 312 g/mol. The smallest absolute Gasteiger partial charge is 0.221 e. The topological polar surface area (TPSA) is 98.5 Å². The lowest BCUT2D eigenvalue weighted by atomic mass is 10.3. The van der Waals surface area contributed by atoms with Crippen LogP contribution in [0, 0.1) is 0 Å². The molecule has 21 heavy (non-hydrogen) atoms. The first-order valence-electron chi connectivity index (χ1n) is 6.97. The Hall–Kier alpha value is -1.76. The van der Waals surface area contributed by atoms with E-state index in [0.29, 0.717) is 12.4 Å². The molecule has 0 heterocycles. The Balaban J connectivity index is 2.06. The standard InChI is InChI=1S/C14H20N2O4S/c1-2-20-11-5-6-12(15)13(9-11)21(18,19)8-7-14(17)16-10-3-4-10/h5-6,9-10H,2-4,7-8,15H2,1H3,(H,16,17). The minimum Gasteiger partial charge on any atom is -0.494 e. The number of anilines is 1. The van der Waals surface area contributed by atoms with Crippen molar-refractivity contribution >= 4 is 21.4 Å². The van der Waals surface area contributed by atoms with Gasteiger partial charge in [0.15, 0.2) is 9.84 Å². The molecular formula is C14H20N2O4S. The van der Waals surface area contributed by atoms with Crippen LogP contribution in [0.2, 0.25) is 0 Å². The SMILES string of the molecule is CCOc1ccc(N)c(S(=O)(=O)CCC(=O)NC2CC2)c1. The normalized spacial score (nSPS) is 14.7. The summed E-state index contributed by atoms with van der Waals surface area (Å²) in [5, 5.41) is 2.76. The number of hydrogen-bond donors (Lipinski definition) is 2. The lowest BCUT2D eigenvalue weighted by Gasteiger charge is -2.10. The maximum atomic E-state index is 12.3. The van der Waals surface area contributed by atoms with E-state index in [2.05, 4.69) is 5.32 Å². The molecule has 6 nitrogen and oxygen atoms in total. The van der Waals surface area contributed by atoms with Crippen LogP contribution in [-0.4, -0.2) is 32.7 Å². The van der Waals surface area contributed by atoms with Gasteiger partial charge in [-0.1, -0.05) is 0 Å². The van der Waals surface area contributed by atoms with E-state index in [0.717, 1.165) is 12.8 Å². The van der Waals surface area contributed by atoms with E-state index >= 15 is 0 Å². The lowest BCUT2D eigenvalue weighted by Crippen LogP contribution is -2.27. The highest BCUT2D eigenvalue weighted by Gasteiger charge is 2.25. The van der Waals surface area contributed by atoms with Gasteiger partial charge in [0.25, 0.3) is 0 Å². The molecule has 0 atom stereocenters. The van der Waals surface area contributed by atoms with Crippen molar-refractivity contribution in [3.63, 3.8) is 0 Å². The zero-order chi connectivity index (χ0) is 15.5. The molecule has 2 rings (SSSR count). The minimum absolute atomic E-state index is 0.0210. The number of nitrogens with two attached hydrogens (primary N) is 1. The monoisotopic (exact) mass is 312 g/mol. The number of nitrogens with one attached hydrogen (secondary N) is 1. The zero-order valence-electron chi connectivity index (χ0n) is 12.0. The molecule has 3 N–H and O–H groups in total. The number of hydrogen-bond acceptors (Lipinski definition) is 5. The van der Waals surface area contributed by atoms with Gasteiger partial charge in [-0.15, -0.1) is 0 Å². The van der Waals surface area contributed by atoms with Crippen LogP contribution >= 0.6 is 0 Å². The second-order valence-corrected chi connectivity index (χ2v) is 7.12. The number of carbonyl (C=O) groups excluding carboxylic acids is 1. The molecule has 1 aliphatic rings. The van der Waals surface area contributed by atoms with Crippen molar-refractivity contribution in [2.45, 2.75) is 37.1 Å². The third kappa shape index (κ3) is 4.35. The van der Waals surface area contributed by atoms with Gasteiger partial charge in [0, 0.05) is 18.5 Å². The van der Waals surface area contributed by atoms with Crippen LogP contribution < -0.4 is 15.8 Å². The summed E-state index contributed by atoms with van der Waals surface area (Å²) in [6, 6.07) is 4.76. The lowest BCUT2D eigenvalue weighted by molar-refractivity contribution is -0.120. The van der Waals surface area contributed by atoms with Crippen molar-refractivity contribution in [3.8, 4) is 5.75 Å². The molecule has 1 amide bonds. The summed E-state index contributed by atoms with van der Waals surface area (Å²) in [4.78, 5) is 11.6. The van der Waals surface area contributed by atoms with Crippen LogP contribution in [0.3, 0.4) is 0 Å². The molecule has 116 valence electrons. The molecule has 0 unspecified atom stereocenters. The van der Waals surface area contributed by atoms with Gasteiger partial charge < -0.3 is 15.8 Å². The van der Waals surface area contributed by atoms with Crippen LogP contribution in [0.1, 0.15) is 26.2 Å². The van der Waals surface area contributed by atoms with Crippen molar-refractivity contribution in [3.05, 3.63) is 18.2 Å². The molecule has 7 heteroatoms. The van der Waals surface area contributed by atoms with Crippen molar-refractivity contribution < 1.29 is 17.9 Å². The summed E-state index contributed by atoms with van der Waals surface area (Å²) in [7, 11) is -3.61. The maximum absolute atomic E-state index is 12.3. The summed E-state index contributed by atoms with van der Waals surface area (Å²) < 4.78 is 29.9. The van der Waals surface area contributed by atoms with E-state index in [4.69, 9.17) is 10.5 Å². The van der Waals surface area contributed by atoms with Gasteiger partial charge in [0.05, 0.1) is 22.9 Å². The Morgan fingerprint density at radius 1 is 1.43 bits per heavy atom. The van der Waals surface area contributed by atoms with Crippen LogP contribution in [0.15, 0.2) is 23.1 Å². The molecule has 1 aromatic rings. The quantitative estimate of drug-likeness (QED) is 0.735. The Labute approximate surface area is 124 Å². The molecule has 1 saturated carbocycles. The van der Waals surface area contributed by atoms with Gasteiger partial charge >= 0.3 is 0 Å². The van der Waals surface area contributed by atoms with Crippen LogP contribution in [-0.2, 0) is 14.6 Å². The fourth-order valence-electron chi connectivity index (χ4n) is 1.91. The number of rotatable bonds is 7. The number of benzene rings is 1. The van der Waals surface area contributed by atoms with Crippen LogP contribution in [0.4, 0.5) is 5.69 Å². The van der Waals surface area contributed by atoms with Gasteiger partial charge in [-0.2, -0.15) is 0 Å². The fourth-order valence-corrected chi connectivity index (χ4v) is 3.30. The molecule has 0 saturated heterocycles. The maximum Gasteiger partial charge on any atom is 0.221 e. The third-order valence-electron chi connectivity index (χ3n) is 3.17. The van der Waals surface area contributed by atoms with Crippen molar-refractivity contribution in [1.82, 2.24) is 5.32 Å². The second kappa shape index (κ2) is 6.34. The molecule has 0 aliphatic heterocycles. The molecular weight excluding hydrogens is 292 g/mol. The highest BCUT2D eigenvalue weighted by atomic mass is 32.2. The third-order valence-corrected chi connectivity index (χ3v) is 4.94. The highest BCUT2D eigenvalue weighted by Crippen LogP contribution is 2.26. The fraction of sp³-hybridized carbons (Fsp3) is 0.500. The largest absolute Gasteiger partial charge is 0.494 e. The first kappa shape index (κ1) is 15.6. The molecule has 0 aromatic heterocycles. The van der Waals surface area contributed by atoms with E-state index in [1.807, 2.05) is 6.92 Å². The molecule has 0 bridgehead atoms. The Morgan fingerprint density at radius 3 is 2.76 bits per heavy atom. The first-order valence-corrected chi connectivity index (χ1v) is 8.62. The summed E-state index contributed by atoms with van der Waals surface area (Å²) in [6.07, 6.45) is 1.89. The Bertz CT molecular complexity index is 624. The Morgan fingerprint density at radius 2 is 2.14 bits per heavy atom. The molecule has 0 spiro atoms. The Kier molecular flexibility index (Phi) is 4.72. The van der Waals surface area contributed by atoms with E-state index in [1.54, 1.807) is 6.07 Å². The van der Waals surface area contributed by atoms with Gasteiger partial charge in [0.1, 0.15) is 5.75 Å². The zero-order valence-corrected chi connectivity index (χ0v) is 12.8. The van der Waals surface area contributed by atoms with Gasteiger partial charge in [-0.25, -0.2) is 8.42 Å². The first-order chi connectivity index (χ1) is 9.92. The summed E-state index contributed by atoms with van der Waals surface area (Å²) in [5.41, 5.74) is 5.90. The van der Waals surface area contributed by atoms with Gasteiger partial charge in [0.2, 0.25) is 5.91 Å². The molecule has 0 radical (unpaired) electrons. The molecule has 1 fully saturated rings. The molecule has 1 aromatic carbocycles. The number of ether oxygens (including phenoxy) is 1. The minimum atomic E-state index is -3.61. The summed E-state index contributed by atoms with van der Waals surface area (Å²) >= 11 is 0. The highest BCUT2D eigenvalue weighted by molar-refractivity contribution is 7.91. The van der Waals surface area contributed by atoms with E-state index in [1.165, 1.54) is 12.1 Å². The van der Waals surface area contributed by atoms with Gasteiger partial charge in [-0.05, 0) is 31.9 Å². The van der Waals surface area contributed by atoms with Crippen molar-refractivity contribution in [1.29, 1.82) is 0 Å². The van der Waals surface area contributed by atoms with Gasteiger partial charge in [-0.3, -0.25) is 4.79 Å². The summed E-state index contributed by atoms with van der Waals surface area (Å²) in [6.45, 7) is 2.25. The average Bonchev–Trinajstić information content (AvgIpc) is 3.23. The molecule has 1 aliphatic carbocycles. The second-order valence-electron chi connectivity index (χ2n) is 5.04. The van der Waals surface area contributed by atoms with E-state index in [-0.39, 0.29) is 34.7 Å². The van der Waals surface area contributed by atoms with E-state index in [9.17, 15) is 13.2 Å². The van der Waals surface area contributed by atoms with E-state index < -0.39 is 9.84 Å². The predicted octanol–water partition coefficient (Wildman–Crippen LogP) is 1.11. The number of sulfone groups is 1. The van der Waals surface area contributed by atoms with Crippen molar-refractivity contribution in [2.75, 3.05) is 18.1 Å². The summed E-state index contributed by atoms with van der Waals surface area (Å²) in [5.74, 6) is -0.0426. The van der Waals surface area contributed by atoms with Crippen LogP contribution in [0.25, 0.3) is 0 Å². The van der Waals surface area contributed by atoms with Crippen LogP contribution in [0.5, 0.6) is 5.75 Å². The van der Waals surface area contributed by atoms with Crippen molar-refractivity contribution in [2.24, 2.45) is 0 Å². The number of amides is 1. The number of carbonyl (C=O) groups is 1. The number of nitrogen functional groups attached to an aromatic ring is 1. The predicted molar refractivity (Wildman–Crippen MR) is 79.9 cm³/mol.